The van der Waals surface area contributed by atoms with Gasteiger partial charge in [0, 0.05) is 25.6 Å². The number of nitrogens with zero attached hydrogens (tertiary/aromatic N) is 1. The van der Waals surface area contributed by atoms with Gasteiger partial charge in [-0.15, -0.1) is 0 Å². The second-order valence-corrected chi connectivity index (χ2v) is 5.93. The number of carboxylic acid groups (broad SMARTS) is 1. The lowest BCUT2D eigenvalue weighted by atomic mass is 10.1. The van der Waals surface area contributed by atoms with Gasteiger partial charge in [-0.05, 0) is 32.6 Å². The van der Waals surface area contributed by atoms with Crippen molar-refractivity contribution in [2.45, 2.75) is 65.8 Å². The largest absolute Gasteiger partial charge is 0.481 e. The first-order valence-corrected chi connectivity index (χ1v) is 7.60. The van der Waals surface area contributed by atoms with Gasteiger partial charge in [0.1, 0.15) is 0 Å². The number of urea groups is 1. The lowest BCUT2D eigenvalue weighted by Crippen LogP contribution is -2.45. The molecule has 0 heterocycles. The third kappa shape index (κ3) is 9.64. The van der Waals surface area contributed by atoms with Crippen LogP contribution in [0, 0.1) is 5.92 Å². The van der Waals surface area contributed by atoms with Gasteiger partial charge >= 0.3 is 12.0 Å². The zero-order valence-corrected chi connectivity index (χ0v) is 13.3. The van der Waals surface area contributed by atoms with Gasteiger partial charge in [-0.2, -0.15) is 0 Å². The second kappa shape index (κ2) is 10.5. The lowest BCUT2D eigenvalue weighted by molar-refractivity contribution is -0.137. The molecule has 0 aliphatic rings. The normalized spacial score (nSPS) is 10.9. The first-order valence-electron chi connectivity index (χ1n) is 7.60. The third-order valence-corrected chi connectivity index (χ3v) is 3.04. The van der Waals surface area contributed by atoms with Gasteiger partial charge in [-0.1, -0.05) is 26.7 Å². The van der Waals surface area contributed by atoms with Crippen LogP contribution in [0.15, 0.2) is 0 Å². The van der Waals surface area contributed by atoms with Crippen molar-refractivity contribution in [1.82, 2.24) is 10.2 Å². The number of amides is 2. The van der Waals surface area contributed by atoms with Gasteiger partial charge in [-0.25, -0.2) is 4.79 Å². The number of unbranched alkanes of at least 4 members (excludes halogenated alkanes) is 3. The van der Waals surface area contributed by atoms with E-state index in [1.54, 1.807) is 0 Å². The molecule has 0 saturated carbocycles. The molecule has 0 aliphatic carbocycles. The Labute approximate surface area is 122 Å². The summed E-state index contributed by atoms with van der Waals surface area (Å²) >= 11 is 0. The van der Waals surface area contributed by atoms with Gasteiger partial charge in [-0.3, -0.25) is 4.79 Å². The van der Waals surface area contributed by atoms with Crippen LogP contribution in [-0.2, 0) is 4.79 Å². The van der Waals surface area contributed by atoms with Crippen LogP contribution in [0.5, 0.6) is 0 Å². The summed E-state index contributed by atoms with van der Waals surface area (Å²) in [6.45, 7) is 9.67. The molecule has 0 aliphatic heterocycles. The summed E-state index contributed by atoms with van der Waals surface area (Å²) in [5.74, 6) is -0.279. The van der Waals surface area contributed by atoms with E-state index < -0.39 is 5.97 Å². The van der Waals surface area contributed by atoms with Crippen molar-refractivity contribution < 1.29 is 14.7 Å². The van der Waals surface area contributed by atoms with Gasteiger partial charge in [0.25, 0.3) is 0 Å². The summed E-state index contributed by atoms with van der Waals surface area (Å²) in [6, 6.07) is 0.201. The van der Waals surface area contributed by atoms with Crippen LogP contribution in [0.4, 0.5) is 4.79 Å². The number of hydrogen-bond donors (Lipinski definition) is 2. The Bertz CT molecular complexity index is 291. The number of aliphatic carboxylic acids is 1. The topological polar surface area (TPSA) is 69.6 Å². The number of carbonyl (C=O) groups is 2. The van der Waals surface area contributed by atoms with E-state index in [1.165, 1.54) is 0 Å². The van der Waals surface area contributed by atoms with E-state index in [0.717, 1.165) is 32.2 Å². The van der Waals surface area contributed by atoms with E-state index in [0.29, 0.717) is 12.5 Å². The number of carbonyl (C=O) groups excluding carboxylic acids is 1. The predicted molar refractivity (Wildman–Crippen MR) is 80.8 cm³/mol. The van der Waals surface area contributed by atoms with Crippen molar-refractivity contribution in [1.29, 1.82) is 0 Å². The molecule has 5 heteroatoms. The average Bonchev–Trinajstić information content (AvgIpc) is 2.33. The molecule has 0 atom stereocenters. The van der Waals surface area contributed by atoms with Crippen LogP contribution in [0.25, 0.3) is 0 Å². The molecule has 0 rings (SSSR count). The van der Waals surface area contributed by atoms with Crippen molar-refractivity contribution in [3.8, 4) is 0 Å². The Morgan fingerprint density at radius 3 is 2.15 bits per heavy atom. The molecule has 0 spiro atoms. The maximum absolute atomic E-state index is 12.0. The van der Waals surface area contributed by atoms with E-state index in [2.05, 4.69) is 19.2 Å². The number of rotatable bonds is 10. The van der Waals surface area contributed by atoms with Gasteiger partial charge < -0.3 is 15.3 Å². The molecule has 5 nitrogen and oxygen atoms in total. The highest BCUT2D eigenvalue weighted by Gasteiger charge is 2.17. The first kappa shape index (κ1) is 18.7. The molecular formula is C15H30N2O3. The van der Waals surface area contributed by atoms with Crippen LogP contribution in [0.1, 0.15) is 59.8 Å². The van der Waals surface area contributed by atoms with Gasteiger partial charge in [0.2, 0.25) is 0 Å². The van der Waals surface area contributed by atoms with E-state index in [-0.39, 0.29) is 18.5 Å². The van der Waals surface area contributed by atoms with E-state index >= 15 is 0 Å². The summed E-state index contributed by atoms with van der Waals surface area (Å²) in [5, 5.41) is 11.5. The molecule has 118 valence electrons. The van der Waals surface area contributed by atoms with Crippen LogP contribution >= 0.6 is 0 Å². The Kier molecular flexibility index (Phi) is 9.86. The Hall–Kier alpha value is -1.26. The molecule has 0 aromatic carbocycles. The predicted octanol–water partition coefficient (Wildman–Crippen LogP) is 3.10. The fourth-order valence-electron chi connectivity index (χ4n) is 1.97. The van der Waals surface area contributed by atoms with Crippen molar-refractivity contribution in [3.05, 3.63) is 0 Å². The average molecular weight is 286 g/mol. The Morgan fingerprint density at radius 2 is 1.65 bits per heavy atom. The maximum atomic E-state index is 12.0. The van der Waals surface area contributed by atoms with Crippen molar-refractivity contribution in [3.63, 3.8) is 0 Å². The quantitative estimate of drug-likeness (QED) is 0.606. The second-order valence-electron chi connectivity index (χ2n) is 5.93. The minimum atomic E-state index is -0.737. The fourth-order valence-corrected chi connectivity index (χ4v) is 1.97. The lowest BCUT2D eigenvalue weighted by Gasteiger charge is -2.28. The number of carboxylic acids is 1. The van der Waals surface area contributed by atoms with Crippen LogP contribution < -0.4 is 5.32 Å². The van der Waals surface area contributed by atoms with Crippen LogP contribution in [-0.4, -0.2) is 41.1 Å². The summed E-state index contributed by atoms with van der Waals surface area (Å²) in [6.07, 6.45) is 3.72. The monoisotopic (exact) mass is 286 g/mol. The number of hydrogen-bond acceptors (Lipinski definition) is 2. The molecule has 0 unspecified atom stereocenters. The fraction of sp³-hybridized carbons (Fsp3) is 0.867. The van der Waals surface area contributed by atoms with E-state index in [4.69, 9.17) is 5.11 Å². The molecule has 0 bridgehead atoms. The van der Waals surface area contributed by atoms with Crippen molar-refractivity contribution >= 4 is 12.0 Å². The smallest absolute Gasteiger partial charge is 0.317 e. The standard InChI is InChI=1S/C15H30N2O3/c1-12(2)11-17(13(3)4)15(20)16-10-8-6-5-7-9-14(18)19/h12-13H,5-11H2,1-4H3,(H,16,20)(H,18,19). The van der Waals surface area contributed by atoms with Crippen molar-refractivity contribution in [2.24, 2.45) is 5.92 Å². The van der Waals surface area contributed by atoms with E-state index in [1.807, 2.05) is 18.7 Å². The minimum absolute atomic E-state index is 0.000707. The molecule has 2 N–H and O–H groups in total. The highest BCUT2D eigenvalue weighted by atomic mass is 16.4. The summed E-state index contributed by atoms with van der Waals surface area (Å²) in [4.78, 5) is 24.2. The van der Waals surface area contributed by atoms with Gasteiger partial charge in [0.15, 0.2) is 0 Å². The molecule has 0 fully saturated rings. The zero-order chi connectivity index (χ0) is 15.5. The number of nitrogens with one attached hydrogen (secondary N) is 1. The summed E-state index contributed by atoms with van der Waals surface area (Å²) < 4.78 is 0. The summed E-state index contributed by atoms with van der Waals surface area (Å²) in [7, 11) is 0. The minimum Gasteiger partial charge on any atom is -0.481 e. The molecule has 20 heavy (non-hydrogen) atoms. The van der Waals surface area contributed by atoms with Crippen molar-refractivity contribution in [2.75, 3.05) is 13.1 Å². The Balaban J connectivity index is 3.76. The molecule has 2 amide bonds. The SMILES string of the molecule is CC(C)CN(C(=O)NCCCCCCC(=O)O)C(C)C. The summed E-state index contributed by atoms with van der Waals surface area (Å²) in [5.41, 5.74) is 0. The maximum Gasteiger partial charge on any atom is 0.317 e. The molecule has 0 saturated heterocycles. The highest BCUT2D eigenvalue weighted by Crippen LogP contribution is 2.05. The highest BCUT2D eigenvalue weighted by molar-refractivity contribution is 5.74. The van der Waals surface area contributed by atoms with Crippen LogP contribution in [0.2, 0.25) is 0 Å². The third-order valence-electron chi connectivity index (χ3n) is 3.04. The zero-order valence-electron chi connectivity index (χ0n) is 13.3. The molecule has 0 aromatic rings. The Morgan fingerprint density at radius 1 is 1.05 bits per heavy atom. The first-order chi connectivity index (χ1) is 9.34. The molecular weight excluding hydrogens is 256 g/mol. The van der Waals surface area contributed by atoms with Gasteiger partial charge in [0.05, 0.1) is 0 Å². The van der Waals surface area contributed by atoms with E-state index in [9.17, 15) is 9.59 Å². The molecule has 0 radical (unpaired) electrons. The van der Waals surface area contributed by atoms with Crippen LogP contribution in [0.3, 0.4) is 0 Å². The molecule has 0 aromatic heterocycles.